The molecule has 0 radical (unpaired) electrons. The zero-order valence-corrected chi connectivity index (χ0v) is 18.3. The normalized spacial score (nSPS) is 15.0. The van der Waals surface area contributed by atoms with Gasteiger partial charge in [0.1, 0.15) is 17.3 Å². The molecule has 1 atom stereocenters. The minimum Gasteiger partial charge on any atom is -0.497 e. The van der Waals surface area contributed by atoms with Crippen LogP contribution in [0.5, 0.6) is 11.5 Å². The smallest absolute Gasteiger partial charge is 0.229 e. The van der Waals surface area contributed by atoms with E-state index in [0.717, 1.165) is 39.7 Å². The van der Waals surface area contributed by atoms with Crippen molar-refractivity contribution >= 4 is 28.8 Å². The van der Waals surface area contributed by atoms with E-state index < -0.39 is 0 Å². The van der Waals surface area contributed by atoms with Gasteiger partial charge in [-0.25, -0.2) is 4.99 Å². The minimum atomic E-state index is -0.284. The summed E-state index contributed by atoms with van der Waals surface area (Å²) in [5.74, 6) is 1.65. The van der Waals surface area contributed by atoms with Gasteiger partial charge in [0.15, 0.2) is 0 Å². The van der Waals surface area contributed by atoms with E-state index in [2.05, 4.69) is 5.32 Å². The predicted molar refractivity (Wildman–Crippen MR) is 127 cm³/mol. The van der Waals surface area contributed by atoms with Gasteiger partial charge >= 0.3 is 0 Å². The van der Waals surface area contributed by atoms with Crippen molar-refractivity contribution in [1.82, 2.24) is 5.32 Å². The van der Waals surface area contributed by atoms with Crippen molar-refractivity contribution in [3.8, 4) is 11.5 Å². The van der Waals surface area contributed by atoms with Crippen LogP contribution >= 0.6 is 0 Å². The van der Waals surface area contributed by atoms with Gasteiger partial charge in [-0.15, -0.1) is 0 Å². The molecule has 0 saturated carbocycles. The number of ether oxygens (including phenoxy) is 2. The molecular weight excluding hydrogens is 402 g/mol. The third-order valence-electron chi connectivity index (χ3n) is 5.35. The number of carbonyl (C=O) groups is 1. The molecule has 3 aromatic carbocycles. The molecule has 0 saturated heterocycles. The molecular formula is C26H25N3O3. The number of nitrogens with zero attached hydrogens (tertiary/aromatic N) is 2. The van der Waals surface area contributed by atoms with Crippen molar-refractivity contribution in [2.24, 2.45) is 9.98 Å². The van der Waals surface area contributed by atoms with E-state index in [-0.39, 0.29) is 18.2 Å². The molecule has 1 N–H and O–H groups in total. The van der Waals surface area contributed by atoms with Crippen molar-refractivity contribution in [3.05, 3.63) is 83.9 Å². The van der Waals surface area contributed by atoms with Gasteiger partial charge in [0.2, 0.25) is 5.91 Å². The molecule has 32 heavy (non-hydrogen) atoms. The lowest BCUT2D eigenvalue weighted by molar-refractivity contribution is -0.119. The summed E-state index contributed by atoms with van der Waals surface area (Å²) in [4.78, 5) is 22.6. The Labute approximate surface area is 187 Å². The number of amides is 1. The van der Waals surface area contributed by atoms with Crippen LogP contribution in [-0.4, -0.2) is 31.7 Å². The fraction of sp³-hybridized carbons (Fsp3) is 0.192. The lowest BCUT2D eigenvalue weighted by atomic mass is 9.93. The van der Waals surface area contributed by atoms with E-state index in [1.807, 2.05) is 79.7 Å². The molecule has 6 heteroatoms. The third-order valence-corrected chi connectivity index (χ3v) is 5.35. The van der Waals surface area contributed by atoms with Gasteiger partial charge in [-0.2, -0.15) is 0 Å². The van der Waals surface area contributed by atoms with Crippen LogP contribution in [0.25, 0.3) is 0 Å². The van der Waals surface area contributed by atoms with Crippen LogP contribution < -0.4 is 14.8 Å². The Balaban J connectivity index is 1.66. The fourth-order valence-electron chi connectivity index (χ4n) is 3.71. The first-order valence-corrected chi connectivity index (χ1v) is 10.4. The topological polar surface area (TPSA) is 72.3 Å². The molecule has 0 fully saturated rings. The largest absolute Gasteiger partial charge is 0.497 e. The van der Waals surface area contributed by atoms with Crippen molar-refractivity contribution < 1.29 is 14.3 Å². The highest BCUT2D eigenvalue weighted by Gasteiger charge is 2.26. The average molecular weight is 428 g/mol. The molecule has 3 aromatic rings. The molecule has 1 aliphatic rings. The summed E-state index contributed by atoms with van der Waals surface area (Å²) >= 11 is 0. The molecule has 0 aromatic heterocycles. The van der Waals surface area contributed by atoms with Gasteiger partial charge in [-0.3, -0.25) is 9.79 Å². The lowest BCUT2D eigenvalue weighted by Crippen LogP contribution is -2.38. The summed E-state index contributed by atoms with van der Waals surface area (Å²) in [6, 6.07) is 22.9. The van der Waals surface area contributed by atoms with Gasteiger partial charge in [-0.1, -0.05) is 36.4 Å². The summed E-state index contributed by atoms with van der Waals surface area (Å²) in [5.41, 5.74) is 4.22. The van der Waals surface area contributed by atoms with Crippen molar-refractivity contribution in [2.75, 3.05) is 14.2 Å². The second-order valence-electron chi connectivity index (χ2n) is 7.52. The van der Waals surface area contributed by atoms with Crippen LogP contribution in [0.4, 0.5) is 11.4 Å². The second kappa shape index (κ2) is 9.47. The minimum absolute atomic E-state index is 0.139. The van der Waals surface area contributed by atoms with Crippen LogP contribution in [0.15, 0.2) is 82.8 Å². The highest BCUT2D eigenvalue weighted by atomic mass is 16.5. The molecule has 1 aliphatic heterocycles. The number of fused-ring (bicyclic) bond motifs is 1. The Hall–Kier alpha value is -3.93. The number of carbonyl (C=O) groups excluding carboxylic acids is 1. The zero-order chi connectivity index (χ0) is 22.5. The maximum absolute atomic E-state index is 13.0. The van der Waals surface area contributed by atoms with Gasteiger partial charge < -0.3 is 14.8 Å². The van der Waals surface area contributed by atoms with Crippen LogP contribution in [0.3, 0.4) is 0 Å². The van der Waals surface area contributed by atoms with Crippen molar-refractivity contribution in [3.63, 3.8) is 0 Å². The van der Waals surface area contributed by atoms with Crippen LogP contribution in [0.2, 0.25) is 0 Å². The molecule has 0 unspecified atom stereocenters. The van der Waals surface area contributed by atoms with Crippen molar-refractivity contribution in [2.45, 2.75) is 19.3 Å². The summed E-state index contributed by atoms with van der Waals surface area (Å²) < 4.78 is 10.5. The standard InChI is InChI=1S/C26H25N3O3/c1-17-25(19-10-14-21(32-3)15-11-19)26(28-23-7-5-4-6-22(23)27-17)29-24(30)16-18-8-12-20(31-2)13-9-18/h4-15,25H,16H2,1-3H3,(H,28,29,30)/t25-/m0/s1. The van der Waals surface area contributed by atoms with Gasteiger partial charge in [0, 0.05) is 5.71 Å². The molecule has 6 nitrogen and oxygen atoms in total. The average Bonchev–Trinajstić information content (AvgIpc) is 2.94. The SMILES string of the molecule is COc1ccc(CC(=O)NC2=Nc3ccccc3N=C(C)[C@H]2c2ccc(OC)cc2)cc1. The number of para-hydroxylation sites is 2. The fourth-order valence-corrected chi connectivity index (χ4v) is 3.71. The third kappa shape index (κ3) is 4.70. The number of rotatable bonds is 5. The number of amidine groups is 1. The first-order valence-electron chi connectivity index (χ1n) is 10.4. The Morgan fingerprint density at radius 2 is 1.41 bits per heavy atom. The van der Waals surface area contributed by atoms with E-state index in [4.69, 9.17) is 19.5 Å². The first kappa shape index (κ1) is 21.3. The summed E-state index contributed by atoms with van der Waals surface area (Å²) in [6.45, 7) is 1.96. The number of hydrogen-bond acceptors (Lipinski definition) is 5. The van der Waals surface area contributed by atoms with Crippen LogP contribution in [0.1, 0.15) is 24.0 Å². The monoisotopic (exact) mass is 427 g/mol. The predicted octanol–water partition coefficient (Wildman–Crippen LogP) is 4.98. The quantitative estimate of drug-likeness (QED) is 0.624. The first-order chi connectivity index (χ1) is 15.6. The zero-order valence-electron chi connectivity index (χ0n) is 18.3. The maximum atomic E-state index is 13.0. The van der Waals surface area contributed by atoms with E-state index in [0.29, 0.717) is 5.84 Å². The van der Waals surface area contributed by atoms with E-state index in [1.165, 1.54) is 0 Å². The van der Waals surface area contributed by atoms with Gasteiger partial charge in [0.25, 0.3) is 0 Å². The maximum Gasteiger partial charge on any atom is 0.229 e. The molecule has 0 bridgehead atoms. The molecule has 1 amide bonds. The Bertz CT molecular complexity index is 1170. The van der Waals surface area contributed by atoms with Gasteiger partial charge in [-0.05, 0) is 54.4 Å². The van der Waals surface area contributed by atoms with E-state index in [1.54, 1.807) is 14.2 Å². The number of benzene rings is 3. The van der Waals surface area contributed by atoms with E-state index >= 15 is 0 Å². The number of nitrogens with one attached hydrogen (secondary N) is 1. The number of aliphatic imine (C=N–C) groups is 2. The molecule has 0 spiro atoms. The molecule has 1 heterocycles. The molecule has 0 aliphatic carbocycles. The van der Waals surface area contributed by atoms with Crippen LogP contribution in [-0.2, 0) is 11.2 Å². The lowest BCUT2D eigenvalue weighted by Gasteiger charge is -2.20. The second-order valence-corrected chi connectivity index (χ2v) is 7.52. The molecule has 162 valence electrons. The Morgan fingerprint density at radius 3 is 2.00 bits per heavy atom. The summed E-state index contributed by atoms with van der Waals surface area (Å²) in [5, 5.41) is 3.05. The van der Waals surface area contributed by atoms with Crippen molar-refractivity contribution in [1.29, 1.82) is 0 Å². The number of methoxy groups -OCH3 is 2. The Morgan fingerprint density at radius 1 is 0.844 bits per heavy atom. The summed E-state index contributed by atoms with van der Waals surface area (Å²) in [6.07, 6.45) is 0.232. The highest BCUT2D eigenvalue weighted by Crippen LogP contribution is 2.34. The molecule has 4 rings (SSSR count). The highest BCUT2D eigenvalue weighted by molar-refractivity contribution is 6.17. The van der Waals surface area contributed by atoms with Crippen LogP contribution in [0, 0.1) is 0 Å². The number of hydrogen-bond donors (Lipinski definition) is 1. The summed E-state index contributed by atoms with van der Waals surface area (Å²) in [7, 11) is 3.25. The van der Waals surface area contributed by atoms with E-state index in [9.17, 15) is 4.79 Å². The van der Waals surface area contributed by atoms with Gasteiger partial charge in [0.05, 0.1) is 37.9 Å². The Kier molecular flexibility index (Phi) is 6.31.